The summed E-state index contributed by atoms with van der Waals surface area (Å²) in [7, 11) is 0. The highest BCUT2D eigenvalue weighted by molar-refractivity contribution is 5.93. The summed E-state index contributed by atoms with van der Waals surface area (Å²) in [5.41, 5.74) is 7.16. The highest BCUT2D eigenvalue weighted by atomic mass is 16.2. The fourth-order valence-corrected chi connectivity index (χ4v) is 3.09. The Morgan fingerprint density at radius 1 is 1.29 bits per heavy atom. The number of benzene rings is 1. The zero-order valence-corrected chi connectivity index (χ0v) is 13.6. The molecule has 1 aromatic heterocycles. The molecule has 2 heterocycles. The molecule has 1 saturated heterocycles. The second kappa shape index (κ2) is 6.78. The maximum absolute atomic E-state index is 12.7. The Morgan fingerprint density at radius 2 is 2.04 bits per heavy atom. The Labute approximate surface area is 140 Å². The number of aryl methyl sites for hydroxylation is 1. The van der Waals surface area contributed by atoms with Gasteiger partial charge in [-0.05, 0) is 25.3 Å². The van der Waals surface area contributed by atoms with Gasteiger partial charge in [0.05, 0.1) is 23.7 Å². The van der Waals surface area contributed by atoms with Gasteiger partial charge in [0.25, 0.3) is 5.91 Å². The first-order valence-electron chi connectivity index (χ1n) is 8.03. The van der Waals surface area contributed by atoms with Gasteiger partial charge in [-0.3, -0.25) is 9.59 Å². The summed E-state index contributed by atoms with van der Waals surface area (Å²) in [4.78, 5) is 34.5. The minimum atomic E-state index is -0.539. The molecule has 1 aliphatic rings. The number of likely N-dealkylation sites (tertiary alicyclic amines) is 1. The van der Waals surface area contributed by atoms with Crippen molar-refractivity contribution < 1.29 is 9.59 Å². The Bertz CT molecular complexity index is 761. The van der Waals surface area contributed by atoms with Crippen LogP contribution < -0.4 is 5.73 Å². The van der Waals surface area contributed by atoms with Crippen molar-refractivity contribution >= 4 is 11.8 Å². The second-order valence-electron chi connectivity index (χ2n) is 6.00. The smallest absolute Gasteiger partial charge is 0.252 e. The first-order valence-corrected chi connectivity index (χ1v) is 8.03. The van der Waals surface area contributed by atoms with Crippen LogP contribution in [-0.4, -0.2) is 33.2 Å². The Hall–Kier alpha value is -2.76. The van der Waals surface area contributed by atoms with Crippen LogP contribution in [0.1, 0.15) is 46.3 Å². The minimum absolute atomic E-state index is 0.0731. The summed E-state index contributed by atoms with van der Waals surface area (Å²) in [5, 5.41) is 0. The Kier molecular flexibility index (Phi) is 4.55. The first kappa shape index (κ1) is 16.1. The van der Waals surface area contributed by atoms with Crippen LogP contribution in [0.5, 0.6) is 0 Å². The molecule has 6 heteroatoms. The number of aromatic nitrogens is 2. The third-order valence-electron chi connectivity index (χ3n) is 4.33. The van der Waals surface area contributed by atoms with Crippen LogP contribution in [0.2, 0.25) is 0 Å². The summed E-state index contributed by atoms with van der Waals surface area (Å²) >= 11 is 0. The van der Waals surface area contributed by atoms with E-state index in [-0.39, 0.29) is 11.9 Å². The van der Waals surface area contributed by atoms with E-state index in [1.807, 2.05) is 35.2 Å². The topological polar surface area (TPSA) is 89.2 Å². The highest BCUT2D eigenvalue weighted by Crippen LogP contribution is 2.30. The third-order valence-corrected chi connectivity index (χ3v) is 4.33. The van der Waals surface area contributed by atoms with Crippen molar-refractivity contribution in [1.29, 1.82) is 0 Å². The van der Waals surface area contributed by atoms with Gasteiger partial charge >= 0.3 is 0 Å². The lowest BCUT2D eigenvalue weighted by molar-refractivity contribution is -0.131. The lowest BCUT2D eigenvalue weighted by Crippen LogP contribution is -2.33. The van der Waals surface area contributed by atoms with Gasteiger partial charge in [0.2, 0.25) is 5.91 Å². The van der Waals surface area contributed by atoms with E-state index in [0.717, 1.165) is 18.4 Å². The number of hydrogen-bond acceptors (Lipinski definition) is 4. The number of amides is 2. The molecule has 2 amide bonds. The molecule has 0 unspecified atom stereocenters. The van der Waals surface area contributed by atoms with Crippen molar-refractivity contribution in [3.63, 3.8) is 0 Å². The molecule has 124 valence electrons. The normalized spacial score (nSPS) is 17.0. The van der Waals surface area contributed by atoms with Crippen molar-refractivity contribution in [2.75, 3.05) is 6.54 Å². The molecule has 0 radical (unpaired) electrons. The van der Waals surface area contributed by atoms with Crippen molar-refractivity contribution in [3.05, 3.63) is 59.2 Å². The quantitative estimate of drug-likeness (QED) is 0.928. The van der Waals surface area contributed by atoms with E-state index in [9.17, 15) is 9.59 Å². The van der Waals surface area contributed by atoms with Gasteiger partial charge in [-0.15, -0.1) is 0 Å². The predicted molar refractivity (Wildman–Crippen MR) is 89.1 cm³/mol. The van der Waals surface area contributed by atoms with Gasteiger partial charge in [0.15, 0.2) is 5.82 Å². The molecule has 1 atom stereocenters. The summed E-state index contributed by atoms with van der Waals surface area (Å²) in [5.74, 6) is 0.114. The molecule has 3 rings (SSSR count). The van der Waals surface area contributed by atoms with Gasteiger partial charge in [-0.25, -0.2) is 9.97 Å². The van der Waals surface area contributed by atoms with E-state index in [2.05, 4.69) is 9.97 Å². The average Bonchev–Trinajstić information content (AvgIpc) is 3.05. The van der Waals surface area contributed by atoms with E-state index < -0.39 is 5.91 Å². The van der Waals surface area contributed by atoms with Crippen LogP contribution in [0.3, 0.4) is 0 Å². The molecule has 0 aliphatic carbocycles. The summed E-state index contributed by atoms with van der Waals surface area (Å²) in [6.45, 7) is 2.44. The first-order chi connectivity index (χ1) is 11.6. The molecule has 1 aromatic carbocycles. The Morgan fingerprint density at radius 3 is 2.71 bits per heavy atom. The predicted octanol–water partition coefficient (Wildman–Crippen LogP) is 1.79. The third kappa shape index (κ3) is 3.27. The van der Waals surface area contributed by atoms with E-state index in [1.54, 1.807) is 6.92 Å². The second-order valence-corrected chi connectivity index (χ2v) is 6.00. The maximum Gasteiger partial charge on any atom is 0.252 e. The van der Waals surface area contributed by atoms with Crippen LogP contribution in [0, 0.1) is 6.92 Å². The lowest BCUT2D eigenvalue weighted by atomic mass is 10.1. The van der Waals surface area contributed by atoms with Crippen LogP contribution in [0.4, 0.5) is 0 Å². The van der Waals surface area contributed by atoms with Gasteiger partial charge < -0.3 is 10.6 Å². The lowest BCUT2D eigenvalue weighted by Gasteiger charge is -2.24. The number of primary amides is 1. The van der Waals surface area contributed by atoms with Crippen LogP contribution in [0.15, 0.2) is 36.5 Å². The molecule has 1 aliphatic heterocycles. The summed E-state index contributed by atoms with van der Waals surface area (Å²) in [6.07, 6.45) is 3.58. The fraction of sp³-hybridized carbons (Fsp3) is 0.333. The van der Waals surface area contributed by atoms with Gasteiger partial charge in [-0.2, -0.15) is 0 Å². The number of carbonyl (C=O) groups is 2. The Balaban J connectivity index is 1.79. The van der Waals surface area contributed by atoms with Crippen LogP contribution in [0.25, 0.3) is 0 Å². The van der Waals surface area contributed by atoms with E-state index >= 15 is 0 Å². The molecule has 24 heavy (non-hydrogen) atoms. The fourth-order valence-electron chi connectivity index (χ4n) is 3.09. The number of carbonyl (C=O) groups excluding carboxylic acids is 2. The molecule has 6 nitrogen and oxygen atoms in total. The number of nitrogens with zero attached hydrogens (tertiary/aromatic N) is 3. The molecule has 1 fully saturated rings. The average molecular weight is 324 g/mol. The molecule has 2 aromatic rings. The largest absolute Gasteiger partial charge is 0.365 e. The van der Waals surface area contributed by atoms with Gasteiger partial charge in [0, 0.05) is 12.7 Å². The van der Waals surface area contributed by atoms with Gasteiger partial charge in [-0.1, -0.05) is 30.3 Å². The maximum atomic E-state index is 12.7. The monoisotopic (exact) mass is 324 g/mol. The van der Waals surface area contributed by atoms with E-state index in [0.29, 0.717) is 30.0 Å². The molecule has 2 N–H and O–H groups in total. The van der Waals surface area contributed by atoms with Crippen molar-refractivity contribution in [2.24, 2.45) is 5.73 Å². The molecule has 0 bridgehead atoms. The molecular weight excluding hydrogens is 304 g/mol. The van der Waals surface area contributed by atoms with Gasteiger partial charge in [0.1, 0.15) is 0 Å². The zero-order chi connectivity index (χ0) is 17.1. The van der Waals surface area contributed by atoms with Crippen LogP contribution >= 0.6 is 0 Å². The molecular formula is C18H20N4O2. The SMILES string of the molecule is Cc1nc([C@H]2CCCN2C(=O)Cc2ccccc2)ncc1C(N)=O. The highest BCUT2D eigenvalue weighted by Gasteiger charge is 2.32. The minimum Gasteiger partial charge on any atom is -0.365 e. The van der Waals surface area contributed by atoms with Crippen LogP contribution in [-0.2, 0) is 11.2 Å². The zero-order valence-electron chi connectivity index (χ0n) is 13.6. The standard InChI is InChI=1S/C18H20N4O2/c1-12-14(17(19)24)11-20-18(21-12)15-8-5-9-22(15)16(23)10-13-6-3-2-4-7-13/h2-4,6-7,11,15H,5,8-10H2,1H3,(H2,19,24)/t15-/m1/s1. The van der Waals surface area contributed by atoms with E-state index in [1.165, 1.54) is 6.20 Å². The van der Waals surface area contributed by atoms with E-state index in [4.69, 9.17) is 5.73 Å². The molecule has 0 spiro atoms. The number of rotatable bonds is 4. The van der Waals surface area contributed by atoms with Crippen molar-refractivity contribution in [1.82, 2.24) is 14.9 Å². The number of hydrogen-bond donors (Lipinski definition) is 1. The number of nitrogens with two attached hydrogens (primary N) is 1. The summed E-state index contributed by atoms with van der Waals surface area (Å²) in [6, 6.07) is 9.56. The molecule has 0 saturated carbocycles. The van der Waals surface area contributed by atoms with Crippen molar-refractivity contribution in [2.45, 2.75) is 32.2 Å². The van der Waals surface area contributed by atoms with Crippen molar-refractivity contribution in [3.8, 4) is 0 Å². The summed E-state index contributed by atoms with van der Waals surface area (Å²) < 4.78 is 0.